The Balaban J connectivity index is 2.33. The predicted octanol–water partition coefficient (Wildman–Crippen LogP) is 2.32. The van der Waals surface area contributed by atoms with Crippen molar-refractivity contribution in [3.63, 3.8) is 0 Å². The van der Waals surface area contributed by atoms with Crippen LogP contribution in [0, 0.1) is 0 Å². The summed E-state index contributed by atoms with van der Waals surface area (Å²) in [6, 6.07) is 0. The molecular weight excluding hydrogens is 186 g/mol. The van der Waals surface area contributed by atoms with E-state index in [4.69, 9.17) is 4.52 Å². The van der Waals surface area contributed by atoms with Crippen molar-refractivity contribution in [3.8, 4) is 11.5 Å². The van der Waals surface area contributed by atoms with Crippen LogP contribution in [0.3, 0.4) is 0 Å². The zero-order valence-electron chi connectivity index (χ0n) is 7.39. The molecule has 68 valence electrons. The molecule has 0 aliphatic heterocycles. The highest BCUT2D eigenvalue weighted by molar-refractivity contribution is 7.07. The lowest BCUT2D eigenvalue weighted by Crippen LogP contribution is -1.86. The van der Waals surface area contributed by atoms with Gasteiger partial charge in [0, 0.05) is 11.3 Å². The molecule has 13 heavy (non-hydrogen) atoms. The summed E-state index contributed by atoms with van der Waals surface area (Å²) >= 11 is 1.52. The number of hydrogen-bond donors (Lipinski definition) is 0. The van der Waals surface area contributed by atoms with E-state index < -0.39 is 0 Å². The highest BCUT2D eigenvalue weighted by Crippen LogP contribution is 2.18. The van der Waals surface area contributed by atoms with Crippen molar-refractivity contribution in [2.75, 3.05) is 0 Å². The van der Waals surface area contributed by atoms with Crippen molar-refractivity contribution in [1.82, 2.24) is 15.1 Å². The molecule has 0 N–H and O–H groups in total. The smallest absolute Gasteiger partial charge is 0.229 e. The van der Waals surface area contributed by atoms with Gasteiger partial charge in [-0.25, -0.2) is 4.98 Å². The minimum atomic E-state index is 0.264. The van der Waals surface area contributed by atoms with E-state index in [2.05, 4.69) is 15.1 Å². The van der Waals surface area contributed by atoms with Gasteiger partial charge in [0.25, 0.3) is 0 Å². The third-order valence-electron chi connectivity index (χ3n) is 1.60. The molecule has 2 aromatic heterocycles. The van der Waals surface area contributed by atoms with Crippen LogP contribution in [0.2, 0.25) is 0 Å². The third kappa shape index (κ3) is 1.60. The minimum Gasteiger partial charge on any atom is -0.339 e. The monoisotopic (exact) mass is 195 g/mol. The maximum Gasteiger partial charge on any atom is 0.229 e. The van der Waals surface area contributed by atoms with E-state index in [0.29, 0.717) is 11.7 Å². The second-order valence-electron chi connectivity index (χ2n) is 2.98. The summed E-state index contributed by atoms with van der Waals surface area (Å²) in [5, 5.41) is 5.74. The molecule has 5 heteroatoms. The molecule has 2 heterocycles. The Bertz CT molecular complexity index is 380. The van der Waals surface area contributed by atoms with Crippen LogP contribution in [0.15, 0.2) is 15.4 Å². The molecule has 2 rings (SSSR count). The van der Waals surface area contributed by atoms with E-state index in [-0.39, 0.29) is 5.92 Å². The molecule has 0 amide bonds. The average Bonchev–Trinajstić information content (AvgIpc) is 2.75. The lowest BCUT2D eigenvalue weighted by Gasteiger charge is -1.91. The van der Waals surface area contributed by atoms with Crippen LogP contribution in [-0.4, -0.2) is 15.1 Å². The lowest BCUT2D eigenvalue weighted by atomic mass is 10.2. The predicted molar refractivity (Wildman–Crippen MR) is 49.5 cm³/mol. The largest absolute Gasteiger partial charge is 0.339 e. The zero-order chi connectivity index (χ0) is 9.26. The Hall–Kier alpha value is -1.23. The molecular formula is C8H9N3OS. The van der Waals surface area contributed by atoms with Gasteiger partial charge in [0.1, 0.15) is 5.69 Å². The zero-order valence-corrected chi connectivity index (χ0v) is 8.21. The van der Waals surface area contributed by atoms with Gasteiger partial charge in [0.2, 0.25) is 11.7 Å². The Morgan fingerprint density at radius 2 is 2.31 bits per heavy atom. The van der Waals surface area contributed by atoms with Crippen molar-refractivity contribution in [2.24, 2.45) is 0 Å². The molecule has 4 nitrogen and oxygen atoms in total. The minimum absolute atomic E-state index is 0.264. The van der Waals surface area contributed by atoms with Crippen molar-refractivity contribution in [3.05, 3.63) is 16.8 Å². The maximum absolute atomic E-state index is 5.05. The van der Waals surface area contributed by atoms with Crippen LogP contribution in [0.1, 0.15) is 25.7 Å². The summed E-state index contributed by atoms with van der Waals surface area (Å²) in [6.45, 7) is 4.02. The average molecular weight is 195 g/mol. The Morgan fingerprint density at radius 3 is 2.85 bits per heavy atom. The first-order chi connectivity index (χ1) is 6.27. The van der Waals surface area contributed by atoms with Crippen molar-refractivity contribution < 1.29 is 4.52 Å². The molecule has 0 aliphatic carbocycles. The van der Waals surface area contributed by atoms with Gasteiger partial charge in [-0.2, -0.15) is 4.98 Å². The Labute approximate surface area is 79.6 Å². The molecule has 0 bridgehead atoms. The van der Waals surface area contributed by atoms with Crippen LogP contribution < -0.4 is 0 Å². The van der Waals surface area contributed by atoms with E-state index in [1.807, 2.05) is 19.2 Å². The van der Waals surface area contributed by atoms with E-state index in [0.717, 1.165) is 5.69 Å². The third-order valence-corrected chi connectivity index (χ3v) is 2.18. The molecule has 0 unspecified atom stereocenters. The maximum atomic E-state index is 5.05. The normalized spacial score (nSPS) is 11.0. The van der Waals surface area contributed by atoms with Gasteiger partial charge >= 0.3 is 0 Å². The number of aromatic nitrogens is 3. The molecule has 0 aromatic carbocycles. The highest BCUT2D eigenvalue weighted by atomic mass is 32.1. The highest BCUT2D eigenvalue weighted by Gasteiger charge is 2.11. The summed E-state index contributed by atoms with van der Waals surface area (Å²) in [5.74, 6) is 1.49. The summed E-state index contributed by atoms with van der Waals surface area (Å²) in [5.41, 5.74) is 2.53. The number of thiazole rings is 1. The van der Waals surface area contributed by atoms with Gasteiger partial charge in [-0.15, -0.1) is 11.3 Å². The first-order valence-corrected chi connectivity index (χ1v) is 4.94. The Morgan fingerprint density at radius 1 is 1.46 bits per heavy atom. The second kappa shape index (κ2) is 3.26. The van der Waals surface area contributed by atoms with Crippen molar-refractivity contribution in [2.45, 2.75) is 19.8 Å². The van der Waals surface area contributed by atoms with Crippen LogP contribution in [-0.2, 0) is 0 Å². The molecule has 0 radical (unpaired) electrons. The molecule has 0 fully saturated rings. The summed E-state index contributed by atoms with van der Waals surface area (Å²) < 4.78 is 5.05. The SMILES string of the molecule is CC(C)c1nc(-c2cscn2)no1. The van der Waals surface area contributed by atoms with E-state index in [9.17, 15) is 0 Å². The first kappa shape index (κ1) is 8.37. The Kier molecular flexibility index (Phi) is 2.10. The topological polar surface area (TPSA) is 51.8 Å². The van der Waals surface area contributed by atoms with Crippen LogP contribution >= 0.6 is 11.3 Å². The molecule has 2 aromatic rings. The van der Waals surface area contributed by atoms with Gasteiger partial charge in [-0.3, -0.25) is 0 Å². The lowest BCUT2D eigenvalue weighted by molar-refractivity contribution is 0.365. The quantitative estimate of drug-likeness (QED) is 0.737. The van der Waals surface area contributed by atoms with E-state index >= 15 is 0 Å². The summed E-state index contributed by atoms with van der Waals surface area (Å²) in [6.07, 6.45) is 0. The van der Waals surface area contributed by atoms with Gasteiger partial charge in [-0.1, -0.05) is 19.0 Å². The summed E-state index contributed by atoms with van der Waals surface area (Å²) in [4.78, 5) is 8.31. The molecule has 0 saturated heterocycles. The molecule has 0 aliphatic rings. The second-order valence-corrected chi connectivity index (χ2v) is 3.70. The molecule has 0 saturated carbocycles. The fraction of sp³-hybridized carbons (Fsp3) is 0.375. The van der Waals surface area contributed by atoms with Crippen molar-refractivity contribution in [1.29, 1.82) is 0 Å². The van der Waals surface area contributed by atoms with Gasteiger partial charge in [0.15, 0.2) is 0 Å². The summed E-state index contributed by atoms with van der Waals surface area (Å²) in [7, 11) is 0. The molecule has 0 atom stereocenters. The fourth-order valence-electron chi connectivity index (χ4n) is 0.897. The van der Waals surface area contributed by atoms with E-state index in [1.54, 1.807) is 5.51 Å². The van der Waals surface area contributed by atoms with E-state index in [1.165, 1.54) is 11.3 Å². The van der Waals surface area contributed by atoms with Crippen LogP contribution in [0.5, 0.6) is 0 Å². The van der Waals surface area contributed by atoms with Gasteiger partial charge in [-0.05, 0) is 0 Å². The van der Waals surface area contributed by atoms with Crippen molar-refractivity contribution >= 4 is 11.3 Å². The van der Waals surface area contributed by atoms with Crippen LogP contribution in [0.4, 0.5) is 0 Å². The van der Waals surface area contributed by atoms with Crippen LogP contribution in [0.25, 0.3) is 11.5 Å². The number of hydrogen-bond acceptors (Lipinski definition) is 5. The molecule has 0 spiro atoms. The first-order valence-electron chi connectivity index (χ1n) is 3.99. The standard InChI is InChI=1S/C8H9N3OS/c1-5(2)8-10-7(11-12-8)6-3-13-4-9-6/h3-5H,1-2H3. The number of nitrogens with zero attached hydrogens (tertiary/aromatic N) is 3. The fourth-order valence-corrected chi connectivity index (χ4v) is 1.43. The van der Waals surface area contributed by atoms with Gasteiger partial charge in [0.05, 0.1) is 5.51 Å². The number of rotatable bonds is 2. The van der Waals surface area contributed by atoms with Gasteiger partial charge < -0.3 is 4.52 Å².